The first-order valence-electron chi connectivity index (χ1n) is 6.67. The smallest absolute Gasteiger partial charge is 0.270 e. The van der Waals surface area contributed by atoms with Crippen molar-refractivity contribution < 1.29 is 9.53 Å². The summed E-state index contributed by atoms with van der Waals surface area (Å²) in [6.45, 7) is 6.87. The monoisotopic (exact) mass is 264 g/mol. The summed E-state index contributed by atoms with van der Waals surface area (Å²) in [6.07, 6.45) is 2.52. The molecule has 0 aliphatic carbocycles. The molecular formula is C13H20N4O2. The van der Waals surface area contributed by atoms with Gasteiger partial charge in [-0.25, -0.2) is 9.97 Å². The molecule has 6 nitrogen and oxygen atoms in total. The molecule has 1 aliphatic heterocycles. The molecule has 1 atom stereocenters. The standard InChI is InChI=1S/C13H20N4O2/c1-3-10(2)15-12(18)11-4-5-14-13(16-11)17-6-8-19-9-7-17/h4-5,10H,3,6-9H2,1-2H3,(H,15,18). The van der Waals surface area contributed by atoms with Gasteiger partial charge >= 0.3 is 0 Å². The number of nitrogens with one attached hydrogen (secondary N) is 1. The molecule has 1 unspecified atom stereocenters. The van der Waals surface area contributed by atoms with Crippen LogP contribution in [0.3, 0.4) is 0 Å². The fraction of sp³-hybridized carbons (Fsp3) is 0.615. The molecule has 1 N–H and O–H groups in total. The van der Waals surface area contributed by atoms with Gasteiger partial charge in [-0.3, -0.25) is 4.79 Å². The van der Waals surface area contributed by atoms with Crippen LogP contribution in [0.2, 0.25) is 0 Å². The number of ether oxygens (including phenoxy) is 1. The van der Waals surface area contributed by atoms with E-state index in [4.69, 9.17) is 4.74 Å². The van der Waals surface area contributed by atoms with Crippen molar-refractivity contribution in [2.45, 2.75) is 26.3 Å². The number of rotatable bonds is 4. The van der Waals surface area contributed by atoms with E-state index in [1.54, 1.807) is 12.3 Å². The molecule has 1 aromatic rings. The summed E-state index contributed by atoms with van der Waals surface area (Å²) in [5.74, 6) is 0.450. The summed E-state index contributed by atoms with van der Waals surface area (Å²) in [6, 6.07) is 1.79. The van der Waals surface area contributed by atoms with Gasteiger partial charge in [0, 0.05) is 25.3 Å². The molecule has 19 heavy (non-hydrogen) atoms. The van der Waals surface area contributed by atoms with Crippen molar-refractivity contribution in [3.8, 4) is 0 Å². The lowest BCUT2D eigenvalue weighted by molar-refractivity contribution is 0.0934. The van der Waals surface area contributed by atoms with Crippen LogP contribution < -0.4 is 10.2 Å². The van der Waals surface area contributed by atoms with Crippen LogP contribution in [0.25, 0.3) is 0 Å². The number of aromatic nitrogens is 2. The van der Waals surface area contributed by atoms with Gasteiger partial charge in [-0.1, -0.05) is 6.92 Å². The lowest BCUT2D eigenvalue weighted by Gasteiger charge is -2.26. The van der Waals surface area contributed by atoms with Crippen molar-refractivity contribution in [1.29, 1.82) is 0 Å². The summed E-state index contributed by atoms with van der Waals surface area (Å²) >= 11 is 0. The maximum atomic E-state index is 12.0. The van der Waals surface area contributed by atoms with Crippen molar-refractivity contribution in [3.05, 3.63) is 18.0 Å². The van der Waals surface area contributed by atoms with Gasteiger partial charge < -0.3 is 15.0 Å². The van der Waals surface area contributed by atoms with E-state index in [9.17, 15) is 4.79 Å². The van der Waals surface area contributed by atoms with Crippen LogP contribution in [0.15, 0.2) is 12.3 Å². The van der Waals surface area contributed by atoms with Gasteiger partial charge in [0.1, 0.15) is 5.69 Å². The number of carbonyl (C=O) groups excluding carboxylic acids is 1. The highest BCUT2D eigenvalue weighted by molar-refractivity contribution is 5.92. The minimum Gasteiger partial charge on any atom is -0.378 e. The Morgan fingerprint density at radius 3 is 2.95 bits per heavy atom. The predicted molar refractivity (Wildman–Crippen MR) is 72.3 cm³/mol. The third-order valence-corrected chi connectivity index (χ3v) is 3.16. The second kappa shape index (κ2) is 6.47. The van der Waals surface area contributed by atoms with Crippen molar-refractivity contribution in [1.82, 2.24) is 15.3 Å². The van der Waals surface area contributed by atoms with E-state index >= 15 is 0 Å². The molecule has 0 spiro atoms. The highest BCUT2D eigenvalue weighted by Gasteiger charge is 2.16. The Hall–Kier alpha value is -1.69. The molecule has 2 heterocycles. The number of morpholine rings is 1. The van der Waals surface area contributed by atoms with Crippen LogP contribution in [0.1, 0.15) is 30.8 Å². The summed E-state index contributed by atoms with van der Waals surface area (Å²) in [5.41, 5.74) is 0.414. The summed E-state index contributed by atoms with van der Waals surface area (Å²) < 4.78 is 5.29. The van der Waals surface area contributed by atoms with Gasteiger partial charge in [0.15, 0.2) is 0 Å². The Balaban J connectivity index is 2.07. The maximum absolute atomic E-state index is 12.0. The highest BCUT2D eigenvalue weighted by atomic mass is 16.5. The average molecular weight is 264 g/mol. The average Bonchev–Trinajstić information content (AvgIpc) is 2.48. The normalized spacial score (nSPS) is 17.1. The van der Waals surface area contributed by atoms with Crippen LogP contribution in [0.5, 0.6) is 0 Å². The molecule has 1 aliphatic rings. The first-order chi connectivity index (χ1) is 9.20. The van der Waals surface area contributed by atoms with Gasteiger partial charge in [-0.05, 0) is 19.4 Å². The number of anilines is 1. The number of hydrogen-bond donors (Lipinski definition) is 1. The van der Waals surface area contributed by atoms with Crippen LogP contribution >= 0.6 is 0 Å². The first kappa shape index (κ1) is 13.7. The van der Waals surface area contributed by atoms with Crippen LogP contribution in [0, 0.1) is 0 Å². The molecule has 0 saturated carbocycles. The van der Waals surface area contributed by atoms with E-state index in [0.29, 0.717) is 24.9 Å². The topological polar surface area (TPSA) is 67.4 Å². The fourth-order valence-corrected chi connectivity index (χ4v) is 1.79. The summed E-state index contributed by atoms with van der Waals surface area (Å²) in [7, 11) is 0. The Morgan fingerprint density at radius 1 is 1.53 bits per heavy atom. The molecule has 1 saturated heterocycles. The maximum Gasteiger partial charge on any atom is 0.270 e. The molecule has 1 fully saturated rings. The summed E-state index contributed by atoms with van der Waals surface area (Å²) in [5, 5.41) is 2.90. The fourth-order valence-electron chi connectivity index (χ4n) is 1.79. The molecule has 6 heteroatoms. The Bertz CT molecular complexity index is 432. The SMILES string of the molecule is CCC(C)NC(=O)c1ccnc(N2CCOCC2)n1. The lowest BCUT2D eigenvalue weighted by atomic mass is 10.2. The van der Waals surface area contributed by atoms with E-state index in [0.717, 1.165) is 19.5 Å². The van der Waals surface area contributed by atoms with Crippen LogP contribution in [0.4, 0.5) is 5.95 Å². The molecule has 104 valence electrons. The van der Waals surface area contributed by atoms with E-state index < -0.39 is 0 Å². The van der Waals surface area contributed by atoms with Crippen molar-refractivity contribution in [3.63, 3.8) is 0 Å². The third-order valence-electron chi connectivity index (χ3n) is 3.16. The quantitative estimate of drug-likeness (QED) is 0.873. The first-order valence-corrected chi connectivity index (χ1v) is 6.67. The van der Waals surface area contributed by atoms with Gasteiger partial charge in [-0.15, -0.1) is 0 Å². The number of carbonyl (C=O) groups is 1. The van der Waals surface area contributed by atoms with Crippen molar-refractivity contribution in [2.24, 2.45) is 0 Å². The number of nitrogens with zero attached hydrogens (tertiary/aromatic N) is 3. The van der Waals surface area contributed by atoms with Gasteiger partial charge in [0.25, 0.3) is 5.91 Å². The Morgan fingerprint density at radius 2 is 2.26 bits per heavy atom. The van der Waals surface area contributed by atoms with E-state index in [2.05, 4.69) is 15.3 Å². The number of hydrogen-bond acceptors (Lipinski definition) is 5. The summed E-state index contributed by atoms with van der Waals surface area (Å²) in [4.78, 5) is 22.6. The predicted octanol–water partition coefficient (Wildman–Crippen LogP) is 0.841. The van der Waals surface area contributed by atoms with Gasteiger partial charge in [-0.2, -0.15) is 0 Å². The minimum atomic E-state index is -0.147. The minimum absolute atomic E-state index is 0.147. The largest absolute Gasteiger partial charge is 0.378 e. The van der Waals surface area contributed by atoms with E-state index in [-0.39, 0.29) is 11.9 Å². The molecule has 1 amide bonds. The van der Waals surface area contributed by atoms with Gasteiger partial charge in [0.2, 0.25) is 5.95 Å². The molecule has 1 aromatic heterocycles. The molecule has 0 radical (unpaired) electrons. The Kier molecular flexibility index (Phi) is 4.68. The number of amides is 1. The third kappa shape index (κ3) is 3.64. The second-order valence-electron chi connectivity index (χ2n) is 4.62. The van der Waals surface area contributed by atoms with Crippen LogP contribution in [-0.4, -0.2) is 48.2 Å². The van der Waals surface area contributed by atoms with Crippen molar-refractivity contribution in [2.75, 3.05) is 31.2 Å². The molecule has 2 rings (SSSR count). The van der Waals surface area contributed by atoms with E-state index in [1.165, 1.54) is 0 Å². The molecule has 0 bridgehead atoms. The zero-order chi connectivity index (χ0) is 13.7. The Labute approximate surface area is 113 Å². The lowest BCUT2D eigenvalue weighted by Crippen LogP contribution is -2.38. The zero-order valence-electron chi connectivity index (χ0n) is 11.4. The molecular weight excluding hydrogens is 244 g/mol. The highest BCUT2D eigenvalue weighted by Crippen LogP contribution is 2.10. The second-order valence-corrected chi connectivity index (χ2v) is 4.62. The molecule has 0 aromatic carbocycles. The van der Waals surface area contributed by atoms with Gasteiger partial charge in [0.05, 0.1) is 13.2 Å². The van der Waals surface area contributed by atoms with Crippen molar-refractivity contribution >= 4 is 11.9 Å². The zero-order valence-corrected chi connectivity index (χ0v) is 11.4. The van der Waals surface area contributed by atoms with Crippen LogP contribution in [-0.2, 0) is 4.74 Å². The van der Waals surface area contributed by atoms with E-state index in [1.807, 2.05) is 18.7 Å².